The van der Waals surface area contributed by atoms with E-state index in [1.165, 1.54) is 6.20 Å². The van der Waals surface area contributed by atoms with Gasteiger partial charge in [0.1, 0.15) is 6.61 Å². The lowest BCUT2D eigenvalue weighted by Crippen LogP contribution is -2.06. The van der Waals surface area contributed by atoms with Gasteiger partial charge in [0.15, 0.2) is 0 Å². The van der Waals surface area contributed by atoms with Gasteiger partial charge in [-0.1, -0.05) is 11.6 Å². The largest absolute Gasteiger partial charge is 0.475 e. The molecule has 1 aromatic heterocycles. The summed E-state index contributed by atoms with van der Waals surface area (Å²) in [5.74, 6) is 0.520. The number of ether oxygens (including phenoxy) is 2. The first-order valence-corrected chi connectivity index (χ1v) is 4.62. The number of rotatable bonds is 5. The Kier molecular flexibility index (Phi) is 4.65. The van der Waals surface area contributed by atoms with E-state index in [1.807, 2.05) is 0 Å². The highest BCUT2D eigenvalue weighted by Crippen LogP contribution is 2.18. The molecule has 78 valence electrons. The van der Waals surface area contributed by atoms with Crippen molar-refractivity contribution in [3.8, 4) is 5.88 Å². The quantitative estimate of drug-likeness (QED) is 0.752. The molecule has 1 rings (SSSR count). The van der Waals surface area contributed by atoms with Crippen molar-refractivity contribution in [1.82, 2.24) is 4.98 Å². The second-order valence-electron chi connectivity index (χ2n) is 2.66. The van der Waals surface area contributed by atoms with Crippen LogP contribution in [0.3, 0.4) is 0 Å². The summed E-state index contributed by atoms with van der Waals surface area (Å²) >= 11 is 5.83. The second-order valence-corrected chi connectivity index (χ2v) is 3.07. The van der Waals surface area contributed by atoms with Gasteiger partial charge >= 0.3 is 0 Å². The van der Waals surface area contributed by atoms with Gasteiger partial charge in [-0.25, -0.2) is 4.98 Å². The molecule has 5 heteroatoms. The SMILES string of the molecule is COCCOc1cc(CN)c(Cl)cn1. The fraction of sp³-hybridized carbons (Fsp3) is 0.444. The van der Waals surface area contributed by atoms with Crippen LogP contribution in [0.1, 0.15) is 5.56 Å². The molecule has 4 nitrogen and oxygen atoms in total. The summed E-state index contributed by atoms with van der Waals surface area (Å²) < 4.78 is 10.1. The normalized spacial score (nSPS) is 10.2. The van der Waals surface area contributed by atoms with Gasteiger partial charge in [-0.2, -0.15) is 0 Å². The highest BCUT2D eigenvalue weighted by molar-refractivity contribution is 6.31. The molecular weight excluding hydrogens is 204 g/mol. The van der Waals surface area contributed by atoms with Crippen LogP contribution in [0.2, 0.25) is 5.02 Å². The molecule has 0 aliphatic rings. The van der Waals surface area contributed by atoms with Crippen molar-refractivity contribution < 1.29 is 9.47 Å². The second kappa shape index (κ2) is 5.80. The number of hydrogen-bond donors (Lipinski definition) is 1. The molecule has 0 radical (unpaired) electrons. The Morgan fingerprint density at radius 2 is 2.29 bits per heavy atom. The molecular formula is C9H13ClN2O2. The van der Waals surface area contributed by atoms with Gasteiger partial charge in [0.2, 0.25) is 5.88 Å². The number of halogens is 1. The topological polar surface area (TPSA) is 57.4 Å². The van der Waals surface area contributed by atoms with Crippen molar-refractivity contribution in [2.75, 3.05) is 20.3 Å². The van der Waals surface area contributed by atoms with E-state index in [-0.39, 0.29) is 0 Å². The predicted octanol–water partition coefficient (Wildman–Crippen LogP) is 1.22. The van der Waals surface area contributed by atoms with Gasteiger partial charge in [-0.05, 0) is 5.56 Å². The Morgan fingerprint density at radius 1 is 1.50 bits per heavy atom. The Bertz CT molecular complexity index is 294. The molecule has 0 saturated carbocycles. The number of nitrogens with zero attached hydrogens (tertiary/aromatic N) is 1. The number of hydrogen-bond acceptors (Lipinski definition) is 4. The third-order valence-electron chi connectivity index (χ3n) is 1.67. The van der Waals surface area contributed by atoms with E-state index in [1.54, 1.807) is 13.2 Å². The zero-order valence-corrected chi connectivity index (χ0v) is 8.75. The van der Waals surface area contributed by atoms with Crippen LogP contribution in [-0.2, 0) is 11.3 Å². The van der Waals surface area contributed by atoms with Crippen LogP contribution in [0.4, 0.5) is 0 Å². The van der Waals surface area contributed by atoms with Crippen LogP contribution in [0.15, 0.2) is 12.3 Å². The highest BCUT2D eigenvalue weighted by atomic mass is 35.5. The van der Waals surface area contributed by atoms with Crippen LogP contribution in [0, 0.1) is 0 Å². The van der Waals surface area contributed by atoms with Crippen molar-refractivity contribution in [3.63, 3.8) is 0 Å². The fourth-order valence-corrected chi connectivity index (χ4v) is 1.10. The Labute approximate surface area is 88.0 Å². The first-order valence-electron chi connectivity index (χ1n) is 4.24. The summed E-state index contributed by atoms with van der Waals surface area (Å²) in [5, 5.41) is 0.562. The summed E-state index contributed by atoms with van der Waals surface area (Å²) in [6, 6.07) is 1.73. The molecule has 0 aromatic carbocycles. The maximum absolute atomic E-state index is 5.83. The number of methoxy groups -OCH3 is 1. The molecule has 0 saturated heterocycles. The maximum Gasteiger partial charge on any atom is 0.213 e. The minimum atomic E-state index is 0.377. The molecule has 0 fully saturated rings. The van der Waals surface area contributed by atoms with Gasteiger partial charge in [-0.15, -0.1) is 0 Å². The van der Waals surface area contributed by atoms with E-state index in [0.717, 1.165) is 5.56 Å². The standard InChI is InChI=1S/C9H13ClN2O2/c1-13-2-3-14-9-4-7(5-11)8(10)6-12-9/h4,6H,2-3,5,11H2,1H3. The van der Waals surface area contributed by atoms with Gasteiger partial charge in [0.05, 0.1) is 11.6 Å². The molecule has 1 heterocycles. The first-order chi connectivity index (χ1) is 6.77. The van der Waals surface area contributed by atoms with Crippen molar-refractivity contribution >= 4 is 11.6 Å². The minimum absolute atomic E-state index is 0.377. The number of nitrogens with two attached hydrogens (primary N) is 1. The smallest absolute Gasteiger partial charge is 0.213 e. The molecule has 0 atom stereocenters. The maximum atomic E-state index is 5.83. The summed E-state index contributed by atoms with van der Waals surface area (Å²) in [7, 11) is 1.62. The molecule has 0 aliphatic heterocycles. The van der Waals surface area contributed by atoms with E-state index in [0.29, 0.717) is 30.7 Å². The Balaban J connectivity index is 2.60. The zero-order valence-electron chi connectivity index (χ0n) is 8.00. The van der Waals surface area contributed by atoms with E-state index in [2.05, 4.69) is 4.98 Å². The molecule has 14 heavy (non-hydrogen) atoms. The number of pyridine rings is 1. The van der Waals surface area contributed by atoms with Crippen LogP contribution < -0.4 is 10.5 Å². The summed E-state index contributed by atoms with van der Waals surface area (Å²) in [4.78, 5) is 3.99. The van der Waals surface area contributed by atoms with E-state index < -0.39 is 0 Å². The Morgan fingerprint density at radius 3 is 2.93 bits per heavy atom. The lowest BCUT2D eigenvalue weighted by Gasteiger charge is -2.06. The molecule has 0 bridgehead atoms. The van der Waals surface area contributed by atoms with Crippen molar-refractivity contribution in [3.05, 3.63) is 22.8 Å². The molecule has 0 spiro atoms. The van der Waals surface area contributed by atoms with Gasteiger partial charge in [-0.3, -0.25) is 0 Å². The zero-order chi connectivity index (χ0) is 10.4. The highest BCUT2D eigenvalue weighted by Gasteiger charge is 2.02. The minimum Gasteiger partial charge on any atom is -0.475 e. The van der Waals surface area contributed by atoms with Crippen molar-refractivity contribution in [1.29, 1.82) is 0 Å². The summed E-state index contributed by atoms with van der Waals surface area (Å²) in [6.45, 7) is 1.37. The fourth-order valence-electron chi connectivity index (χ4n) is 0.923. The van der Waals surface area contributed by atoms with Crippen LogP contribution in [0.5, 0.6) is 5.88 Å². The third-order valence-corrected chi connectivity index (χ3v) is 2.01. The van der Waals surface area contributed by atoms with Crippen LogP contribution >= 0.6 is 11.6 Å². The average molecular weight is 217 g/mol. The molecule has 1 aromatic rings. The monoisotopic (exact) mass is 216 g/mol. The lowest BCUT2D eigenvalue weighted by atomic mass is 10.3. The van der Waals surface area contributed by atoms with Gasteiger partial charge in [0.25, 0.3) is 0 Å². The van der Waals surface area contributed by atoms with Crippen molar-refractivity contribution in [2.24, 2.45) is 5.73 Å². The average Bonchev–Trinajstić information content (AvgIpc) is 2.21. The predicted molar refractivity (Wildman–Crippen MR) is 54.5 cm³/mol. The third kappa shape index (κ3) is 3.14. The summed E-state index contributed by atoms with van der Waals surface area (Å²) in [5.41, 5.74) is 6.31. The molecule has 0 aliphatic carbocycles. The van der Waals surface area contributed by atoms with E-state index in [9.17, 15) is 0 Å². The van der Waals surface area contributed by atoms with Gasteiger partial charge in [0, 0.05) is 25.9 Å². The van der Waals surface area contributed by atoms with Gasteiger partial charge < -0.3 is 15.2 Å². The van der Waals surface area contributed by atoms with Crippen LogP contribution in [-0.4, -0.2) is 25.3 Å². The van der Waals surface area contributed by atoms with E-state index >= 15 is 0 Å². The number of aromatic nitrogens is 1. The Hall–Kier alpha value is -0.840. The van der Waals surface area contributed by atoms with E-state index in [4.69, 9.17) is 26.8 Å². The van der Waals surface area contributed by atoms with Crippen molar-refractivity contribution in [2.45, 2.75) is 6.54 Å². The molecule has 0 amide bonds. The molecule has 0 unspecified atom stereocenters. The van der Waals surface area contributed by atoms with Crippen LogP contribution in [0.25, 0.3) is 0 Å². The first kappa shape index (κ1) is 11.2. The molecule has 2 N–H and O–H groups in total. The lowest BCUT2D eigenvalue weighted by molar-refractivity contribution is 0.143. The summed E-state index contributed by atoms with van der Waals surface area (Å²) in [6.07, 6.45) is 1.53.